The van der Waals surface area contributed by atoms with Crippen molar-refractivity contribution in [2.75, 3.05) is 0 Å². The molecule has 0 fully saturated rings. The van der Waals surface area contributed by atoms with Crippen LogP contribution in [0.5, 0.6) is 5.88 Å². The van der Waals surface area contributed by atoms with Crippen LogP contribution in [0.4, 0.5) is 0 Å². The van der Waals surface area contributed by atoms with E-state index in [2.05, 4.69) is 15.0 Å². The number of H-pyrrole nitrogens is 1. The monoisotopic (exact) mass is 281 g/mol. The molecule has 0 unspecified atom stereocenters. The highest BCUT2D eigenvalue weighted by Gasteiger charge is 2.10. The van der Waals surface area contributed by atoms with Gasteiger partial charge in [0.1, 0.15) is 5.82 Å². The second-order valence-electron chi connectivity index (χ2n) is 4.93. The number of pyridine rings is 1. The zero-order valence-corrected chi connectivity index (χ0v) is 11.8. The third-order valence-electron chi connectivity index (χ3n) is 3.45. The van der Waals surface area contributed by atoms with E-state index in [9.17, 15) is 9.90 Å². The number of aromatic nitrogens is 3. The normalized spacial score (nSPS) is 11.0. The second-order valence-corrected chi connectivity index (χ2v) is 4.93. The standard InChI is InChI=1S/C16H15N3O2/c1-3-12-15(20)18-14(19-16(12)21)11-6-7-13-10(8-11)5-4-9(2)17-13/h4-8H,3H2,1-2H3,(H2,18,19,20,21). The van der Waals surface area contributed by atoms with Gasteiger partial charge in [-0.1, -0.05) is 13.0 Å². The van der Waals surface area contributed by atoms with Crippen LogP contribution in [0.1, 0.15) is 18.2 Å². The fourth-order valence-electron chi connectivity index (χ4n) is 2.32. The molecule has 0 amide bonds. The van der Waals surface area contributed by atoms with Crippen LogP contribution in [0.25, 0.3) is 22.3 Å². The van der Waals surface area contributed by atoms with Gasteiger partial charge in [0.25, 0.3) is 5.56 Å². The zero-order valence-electron chi connectivity index (χ0n) is 11.8. The van der Waals surface area contributed by atoms with E-state index >= 15 is 0 Å². The van der Waals surface area contributed by atoms with Crippen molar-refractivity contribution >= 4 is 10.9 Å². The highest BCUT2D eigenvalue weighted by atomic mass is 16.3. The smallest absolute Gasteiger partial charge is 0.258 e. The summed E-state index contributed by atoms with van der Waals surface area (Å²) in [6.45, 7) is 3.74. The van der Waals surface area contributed by atoms with Gasteiger partial charge in [-0.15, -0.1) is 0 Å². The van der Waals surface area contributed by atoms with Gasteiger partial charge in [0, 0.05) is 16.6 Å². The lowest BCUT2D eigenvalue weighted by molar-refractivity contribution is 0.444. The molecule has 2 aromatic heterocycles. The van der Waals surface area contributed by atoms with Crippen LogP contribution in [0.3, 0.4) is 0 Å². The van der Waals surface area contributed by atoms with E-state index in [0.29, 0.717) is 17.8 Å². The molecule has 3 rings (SSSR count). The summed E-state index contributed by atoms with van der Waals surface area (Å²) in [5.74, 6) is 0.149. The van der Waals surface area contributed by atoms with Crippen molar-refractivity contribution in [1.29, 1.82) is 0 Å². The van der Waals surface area contributed by atoms with Gasteiger partial charge in [-0.2, -0.15) is 4.98 Å². The average molecular weight is 281 g/mol. The third kappa shape index (κ3) is 2.38. The maximum atomic E-state index is 11.9. The molecule has 5 nitrogen and oxygen atoms in total. The Hall–Kier alpha value is -2.69. The highest BCUT2D eigenvalue weighted by molar-refractivity contribution is 5.83. The van der Waals surface area contributed by atoms with Gasteiger partial charge in [0.05, 0.1) is 11.1 Å². The molecule has 1 aromatic carbocycles. The van der Waals surface area contributed by atoms with E-state index in [0.717, 1.165) is 22.2 Å². The topological polar surface area (TPSA) is 78.9 Å². The Bertz CT molecular complexity index is 884. The molecule has 0 aliphatic carbocycles. The highest BCUT2D eigenvalue weighted by Crippen LogP contribution is 2.22. The summed E-state index contributed by atoms with van der Waals surface area (Å²) >= 11 is 0. The fraction of sp³-hybridized carbons (Fsp3) is 0.188. The van der Waals surface area contributed by atoms with Crippen molar-refractivity contribution in [2.24, 2.45) is 0 Å². The van der Waals surface area contributed by atoms with Gasteiger partial charge in [0.15, 0.2) is 0 Å². The average Bonchev–Trinajstić information content (AvgIpc) is 2.46. The van der Waals surface area contributed by atoms with E-state index in [-0.39, 0.29) is 11.4 Å². The van der Waals surface area contributed by atoms with Gasteiger partial charge in [0.2, 0.25) is 5.88 Å². The molecule has 0 radical (unpaired) electrons. The first-order chi connectivity index (χ1) is 10.1. The molecule has 0 atom stereocenters. The molecule has 21 heavy (non-hydrogen) atoms. The van der Waals surface area contributed by atoms with Gasteiger partial charge >= 0.3 is 0 Å². The van der Waals surface area contributed by atoms with Crippen molar-refractivity contribution in [2.45, 2.75) is 20.3 Å². The number of fused-ring (bicyclic) bond motifs is 1. The van der Waals surface area contributed by atoms with Gasteiger partial charge in [-0.25, -0.2) is 0 Å². The van der Waals surface area contributed by atoms with Crippen LogP contribution in [0.15, 0.2) is 35.1 Å². The van der Waals surface area contributed by atoms with Crippen LogP contribution in [-0.2, 0) is 6.42 Å². The Kier molecular flexibility index (Phi) is 3.17. The lowest BCUT2D eigenvalue weighted by Gasteiger charge is -2.06. The summed E-state index contributed by atoms with van der Waals surface area (Å²) in [6.07, 6.45) is 0.440. The number of benzene rings is 1. The van der Waals surface area contributed by atoms with Gasteiger partial charge < -0.3 is 10.1 Å². The van der Waals surface area contributed by atoms with E-state index < -0.39 is 0 Å². The van der Waals surface area contributed by atoms with Crippen molar-refractivity contribution in [3.8, 4) is 17.3 Å². The van der Waals surface area contributed by atoms with E-state index in [1.165, 1.54) is 0 Å². The Morgan fingerprint density at radius 2 is 2.00 bits per heavy atom. The number of hydrogen-bond acceptors (Lipinski definition) is 4. The molecule has 2 N–H and O–H groups in total. The molecular weight excluding hydrogens is 266 g/mol. The molecule has 0 bridgehead atoms. The molecular formula is C16H15N3O2. The molecule has 0 saturated heterocycles. The quantitative estimate of drug-likeness (QED) is 0.756. The first-order valence-corrected chi connectivity index (χ1v) is 6.78. The molecule has 0 spiro atoms. The van der Waals surface area contributed by atoms with Crippen molar-refractivity contribution < 1.29 is 5.11 Å². The molecule has 2 heterocycles. The third-order valence-corrected chi connectivity index (χ3v) is 3.45. The number of aromatic hydroxyl groups is 1. The van der Waals surface area contributed by atoms with E-state index in [1.807, 2.05) is 37.3 Å². The van der Waals surface area contributed by atoms with Crippen molar-refractivity contribution in [1.82, 2.24) is 15.0 Å². The summed E-state index contributed by atoms with van der Waals surface area (Å²) in [4.78, 5) is 23.1. The Balaban J connectivity index is 2.16. The summed E-state index contributed by atoms with van der Waals surface area (Å²) in [7, 11) is 0. The van der Waals surface area contributed by atoms with Crippen LogP contribution in [0, 0.1) is 6.92 Å². The van der Waals surface area contributed by atoms with Crippen LogP contribution < -0.4 is 5.56 Å². The minimum absolute atomic E-state index is 0.210. The number of hydrogen-bond donors (Lipinski definition) is 2. The summed E-state index contributed by atoms with van der Waals surface area (Å²) in [6, 6.07) is 9.51. The maximum Gasteiger partial charge on any atom is 0.258 e. The number of rotatable bonds is 2. The van der Waals surface area contributed by atoms with Gasteiger partial charge in [-0.05, 0) is 37.6 Å². The second kappa shape index (κ2) is 5.01. The first-order valence-electron chi connectivity index (χ1n) is 6.78. The summed E-state index contributed by atoms with van der Waals surface area (Å²) < 4.78 is 0. The lowest BCUT2D eigenvalue weighted by atomic mass is 10.1. The van der Waals surface area contributed by atoms with Gasteiger partial charge in [-0.3, -0.25) is 9.78 Å². The number of nitrogens with one attached hydrogen (secondary N) is 1. The molecule has 3 aromatic rings. The van der Waals surface area contributed by atoms with E-state index in [4.69, 9.17) is 0 Å². The number of aromatic amines is 1. The minimum Gasteiger partial charge on any atom is -0.493 e. The zero-order chi connectivity index (χ0) is 15.0. The molecule has 0 saturated carbocycles. The molecule has 5 heteroatoms. The Morgan fingerprint density at radius 3 is 2.71 bits per heavy atom. The first kappa shape index (κ1) is 13.3. The van der Waals surface area contributed by atoms with Crippen molar-refractivity contribution in [3.05, 3.63) is 51.9 Å². The summed E-state index contributed by atoms with van der Waals surface area (Å²) in [5.41, 5.74) is 2.57. The fourth-order valence-corrected chi connectivity index (χ4v) is 2.32. The van der Waals surface area contributed by atoms with Crippen LogP contribution in [0.2, 0.25) is 0 Å². The number of nitrogens with zero attached hydrogens (tertiary/aromatic N) is 2. The number of aryl methyl sites for hydroxylation is 1. The predicted octanol–water partition coefficient (Wildman–Crippen LogP) is 2.56. The predicted molar refractivity (Wildman–Crippen MR) is 81.4 cm³/mol. The minimum atomic E-state index is -0.304. The van der Waals surface area contributed by atoms with Crippen molar-refractivity contribution in [3.63, 3.8) is 0 Å². The van der Waals surface area contributed by atoms with E-state index in [1.54, 1.807) is 6.92 Å². The maximum absolute atomic E-state index is 11.9. The lowest BCUT2D eigenvalue weighted by Crippen LogP contribution is -2.14. The molecule has 0 aliphatic heterocycles. The molecule has 106 valence electrons. The SMILES string of the molecule is CCc1c(O)nc(-c2ccc3nc(C)ccc3c2)[nH]c1=O. The summed E-state index contributed by atoms with van der Waals surface area (Å²) in [5, 5.41) is 10.8. The van der Waals surface area contributed by atoms with Crippen LogP contribution >= 0.6 is 0 Å². The van der Waals surface area contributed by atoms with Crippen LogP contribution in [-0.4, -0.2) is 20.1 Å². The Labute approximate surface area is 121 Å². The Morgan fingerprint density at radius 1 is 1.19 bits per heavy atom. The molecule has 0 aliphatic rings. The largest absolute Gasteiger partial charge is 0.493 e.